The third kappa shape index (κ3) is 3.36. The van der Waals surface area contributed by atoms with Crippen LogP contribution in [0.5, 0.6) is 5.75 Å². The number of aromatic nitrogens is 3. The Morgan fingerprint density at radius 2 is 2.04 bits per heavy atom. The van der Waals surface area contributed by atoms with Crippen molar-refractivity contribution in [3.63, 3.8) is 0 Å². The molecule has 142 valence electrons. The van der Waals surface area contributed by atoms with Gasteiger partial charge in [0.1, 0.15) is 5.75 Å². The Kier molecular flexibility index (Phi) is 4.83. The van der Waals surface area contributed by atoms with Crippen LogP contribution >= 0.6 is 11.3 Å². The first kappa shape index (κ1) is 18.2. The Labute approximate surface area is 166 Å². The summed E-state index contributed by atoms with van der Waals surface area (Å²) in [6.07, 6.45) is 0. The van der Waals surface area contributed by atoms with Crippen LogP contribution in [0.1, 0.15) is 21.6 Å². The van der Waals surface area contributed by atoms with Gasteiger partial charge in [-0.25, -0.2) is 4.98 Å². The molecule has 0 saturated carbocycles. The molecule has 0 aliphatic heterocycles. The highest BCUT2D eigenvalue weighted by Gasteiger charge is 2.19. The summed E-state index contributed by atoms with van der Waals surface area (Å²) in [5.74, 6) is 0.648. The molecule has 0 radical (unpaired) electrons. The van der Waals surface area contributed by atoms with E-state index in [1.165, 1.54) is 0 Å². The zero-order valence-electron chi connectivity index (χ0n) is 15.9. The molecule has 28 heavy (non-hydrogen) atoms. The molecule has 0 aliphatic carbocycles. The molecule has 1 N–H and O–H groups in total. The number of carbonyl (C=O) groups is 1. The van der Waals surface area contributed by atoms with Crippen LogP contribution in [0, 0.1) is 6.92 Å². The first-order valence-corrected chi connectivity index (χ1v) is 9.74. The number of amides is 1. The molecule has 0 atom stereocenters. The van der Waals surface area contributed by atoms with E-state index in [4.69, 9.17) is 9.72 Å². The molecule has 0 aliphatic rings. The molecule has 7 heteroatoms. The number of hydrogen-bond donors (Lipinski definition) is 1. The van der Waals surface area contributed by atoms with Gasteiger partial charge in [0.25, 0.3) is 5.91 Å². The smallest absolute Gasteiger partial charge is 0.252 e. The fourth-order valence-corrected chi connectivity index (χ4v) is 3.88. The van der Waals surface area contributed by atoms with Crippen molar-refractivity contribution in [3.8, 4) is 16.3 Å². The minimum absolute atomic E-state index is 0.142. The maximum atomic E-state index is 13.0. The lowest BCUT2D eigenvalue weighted by Crippen LogP contribution is -2.23. The third-order valence-electron chi connectivity index (χ3n) is 4.60. The Hall–Kier alpha value is -3.19. The molecule has 0 unspecified atom stereocenters. The zero-order valence-corrected chi connectivity index (χ0v) is 16.7. The van der Waals surface area contributed by atoms with Crippen LogP contribution in [0.15, 0.2) is 47.8 Å². The number of aryl methyl sites for hydroxylation is 2. The number of hydrogen-bond acceptors (Lipinski definition) is 5. The van der Waals surface area contributed by atoms with Crippen molar-refractivity contribution >= 4 is 28.3 Å². The van der Waals surface area contributed by atoms with Crippen molar-refractivity contribution in [2.24, 2.45) is 7.05 Å². The number of methoxy groups -OCH3 is 1. The number of carbonyl (C=O) groups excluding carboxylic acids is 1. The topological polar surface area (TPSA) is 69.0 Å². The van der Waals surface area contributed by atoms with Gasteiger partial charge in [-0.1, -0.05) is 18.2 Å². The van der Waals surface area contributed by atoms with Gasteiger partial charge in [0.15, 0.2) is 5.65 Å². The van der Waals surface area contributed by atoms with Gasteiger partial charge in [0.2, 0.25) is 0 Å². The predicted molar refractivity (Wildman–Crippen MR) is 111 cm³/mol. The predicted octanol–water partition coefficient (Wildman–Crippen LogP) is 3.94. The SMILES string of the molecule is COc1ccc(CNC(=O)c2cc(-c3cccs3)nc3c2c(C)nn3C)cc1. The molecule has 4 aromatic rings. The molecular formula is C21H20N4O2S. The molecule has 6 nitrogen and oxygen atoms in total. The summed E-state index contributed by atoms with van der Waals surface area (Å²) >= 11 is 1.60. The van der Waals surface area contributed by atoms with Gasteiger partial charge in [-0.2, -0.15) is 5.10 Å². The first-order chi connectivity index (χ1) is 13.6. The van der Waals surface area contributed by atoms with Crippen molar-refractivity contribution in [1.82, 2.24) is 20.1 Å². The van der Waals surface area contributed by atoms with Crippen LogP contribution in [0.3, 0.4) is 0 Å². The minimum Gasteiger partial charge on any atom is -0.497 e. The van der Waals surface area contributed by atoms with Crippen molar-refractivity contribution < 1.29 is 9.53 Å². The summed E-state index contributed by atoms with van der Waals surface area (Å²) in [7, 11) is 3.48. The summed E-state index contributed by atoms with van der Waals surface area (Å²) in [6, 6.07) is 13.5. The molecule has 0 spiro atoms. The highest BCUT2D eigenvalue weighted by Crippen LogP contribution is 2.29. The first-order valence-electron chi connectivity index (χ1n) is 8.86. The molecule has 3 aromatic heterocycles. The lowest BCUT2D eigenvalue weighted by atomic mass is 10.1. The number of nitrogens with one attached hydrogen (secondary N) is 1. The van der Waals surface area contributed by atoms with Crippen LogP contribution in [0.2, 0.25) is 0 Å². The fraction of sp³-hybridized carbons (Fsp3) is 0.190. The number of ether oxygens (including phenoxy) is 1. The number of fused-ring (bicyclic) bond motifs is 1. The molecule has 4 rings (SSSR count). The fourth-order valence-electron chi connectivity index (χ4n) is 3.20. The zero-order chi connectivity index (χ0) is 19.7. The average Bonchev–Trinajstić information content (AvgIpc) is 3.34. The van der Waals surface area contributed by atoms with Crippen LogP contribution in [0.4, 0.5) is 0 Å². The van der Waals surface area contributed by atoms with E-state index in [0.717, 1.165) is 33.0 Å². The lowest BCUT2D eigenvalue weighted by Gasteiger charge is -2.09. The molecule has 1 aromatic carbocycles. The largest absolute Gasteiger partial charge is 0.497 e. The second-order valence-electron chi connectivity index (χ2n) is 6.47. The highest BCUT2D eigenvalue weighted by molar-refractivity contribution is 7.13. The molecule has 0 saturated heterocycles. The number of pyridine rings is 1. The van der Waals surface area contributed by atoms with Gasteiger partial charge < -0.3 is 10.1 Å². The summed E-state index contributed by atoms with van der Waals surface area (Å²) in [4.78, 5) is 18.8. The van der Waals surface area contributed by atoms with E-state index < -0.39 is 0 Å². The summed E-state index contributed by atoms with van der Waals surface area (Å²) < 4.78 is 6.90. The Bertz CT molecular complexity index is 1130. The number of rotatable bonds is 5. The minimum atomic E-state index is -0.142. The van der Waals surface area contributed by atoms with E-state index in [9.17, 15) is 4.79 Å². The average molecular weight is 392 g/mol. The Morgan fingerprint density at radius 1 is 1.25 bits per heavy atom. The lowest BCUT2D eigenvalue weighted by molar-refractivity contribution is 0.0952. The van der Waals surface area contributed by atoms with Crippen molar-refractivity contribution in [2.45, 2.75) is 13.5 Å². The molecular weight excluding hydrogens is 372 g/mol. The van der Waals surface area contributed by atoms with Gasteiger partial charge in [0, 0.05) is 13.6 Å². The van der Waals surface area contributed by atoms with Gasteiger partial charge in [0.05, 0.1) is 34.3 Å². The van der Waals surface area contributed by atoms with Crippen molar-refractivity contribution in [2.75, 3.05) is 7.11 Å². The van der Waals surface area contributed by atoms with Gasteiger partial charge in [-0.05, 0) is 42.1 Å². The number of nitrogens with zero attached hydrogens (tertiary/aromatic N) is 3. The second kappa shape index (κ2) is 7.44. The van der Waals surface area contributed by atoms with Gasteiger partial charge in [-0.3, -0.25) is 9.48 Å². The summed E-state index contributed by atoms with van der Waals surface area (Å²) in [5.41, 5.74) is 3.86. The van der Waals surface area contributed by atoms with E-state index in [1.807, 2.05) is 61.8 Å². The normalized spacial score (nSPS) is 11.0. The molecule has 0 fully saturated rings. The van der Waals surface area contributed by atoms with Crippen molar-refractivity contribution in [1.29, 1.82) is 0 Å². The standard InChI is InChI=1S/C21H20N4O2S/c1-13-19-16(21(26)22-12-14-6-8-15(27-3)9-7-14)11-17(18-5-4-10-28-18)23-20(19)25(2)24-13/h4-11H,12H2,1-3H3,(H,22,26). The van der Waals surface area contributed by atoms with Crippen molar-refractivity contribution in [3.05, 3.63) is 64.7 Å². The van der Waals surface area contributed by atoms with Crippen LogP contribution in [-0.4, -0.2) is 27.8 Å². The maximum absolute atomic E-state index is 13.0. The van der Waals surface area contributed by atoms with Crippen LogP contribution in [-0.2, 0) is 13.6 Å². The van der Waals surface area contributed by atoms with Gasteiger partial charge >= 0.3 is 0 Å². The Balaban J connectivity index is 1.68. The van der Waals surface area contributed by atoms with E-state index in [2.05, 4.69) is 10.4 Å². The van der Waals surface area contributed by atoms with E-state index in [1.54, 1.807) is 23.1 Å². The van der Waals surface area contributed by atoms with Gasteiger partial charge in [-0.15, -0.1) is 11.3 Å². The number of thiophene rings is 1. The molecule has 1 amide bonds. The number of benzene rings is 1. The molecule has 3 heterocycles. The summed E-state index contributed by atoms with van der Waals surface area (Å²) in [5, 5.41) is 10.3. The summed E-state index contributed by atoms with van der Waals surface area (Å²) in [6.45, 7) is 2.33. The monoisotopic (exact) mass is 392 g/mol. The van der Waals surface area contributed by atoms with Crippen LogP contribution in [0.25, 0.3) is 21.6 Å². The van der Waals surface area contributed by atoms with E-state index >= 15 is 0 Å². The Morgan fingerprint density at radius 3 is 2.71 bits per heavy atom. The molecule has 0 bridgehead atoms. The highest BCUT2D eigenvalue weighted by atomic mass is 32.1. The third-order valence-corrected chi connectivity index (χ3v) is 5.49. The quantitative estimate of drug-likeness (QED) is 0.558. The second-order valence-corrected chi connectivity index (χ2v) is 7.42. The van der Waals surface area contributed by atoms with E-state index in [0.29, 0.717) is 17.8 Å². The maximum Gasteiger partial charge on any atom is 0.252 e. The van der Waals surface area contributed by atoms with Crippen LogP contribution < -0.4 is 10.1 Å². The van der Waals surface area contributed by atoms with E-state index in [-0.39, 0.29) is 5.91 Å².